The van der Waals surface area contributed by atoms with E-state index in [4.69, 9.17) is 27.9 Å². The third-order valence-corrected chi connectivity index (χ3v) is 5.03. The Kier molecular flexibility index (Phi) is 5.01. The van der Waals surface area contributed by atoms with E-state index in [0.29, 0.717) is 43.8 Å². The normalized spacial score (nSPS) is 10.6. The van der Waals surface area contributed by atoms with Gasteiger partial charge < -0.3 is 4.74 Å². The Bertz CT molecular complexity index is 1350. The minimum Gasteiger partial charge on any atom is -0.497 e. The number of nitrogens with one attached hydrogen (secondary N) is 1. The van der Waals surface area contributed by atoms with Crippen LogP contribution in [0.2, 0.25) is 10.0 Å². The van der Waals surface area contributed by atoms with Crippen molar-refractivity contribution in [2.24, 2.45) is 0 Å². The van der Waals surface area contributed by atoms with Gasteiger partial charge in [-0.2, -0.15) is 4.52 Å². The molecular weight excluding hydrogens is 411 g/mol. The van der Waals surface area contributed by atoms with Gasteiger partial charge in [-0.1, -0.05) is 40.2 Å². The van der Waals surface area contributed by atoms with Crippen LogP contribution < -0.4 is 10.3 Å². The number of ether oxygens (including phenoxy) is 1. The highest BCUT2D eigenvalue weighted by Gasteiger charge is 2.21. The molecule has 0 aliphatic rings. The lowest BCUT2D eigenvalue weighted by atomic mass is 10.1. The Morgan fingerprint density at radius 1 is 1.14 bits per heavy atom. The highest BCUT2D eigenvalue weighted by molar-refractivity contribution is 6.36. The maximum Gasteiger partial charge on any atom is 0.317 e. The Labute approximate surface area is 176 Å². The van der Waals surface area contributed by atoms with Gasteiger partial charge in [0.1, 0.15) is 5.75 Å². The largest absolute Gasteiger partial charge is 0.497 e. The average molecular weight is 426 g/mol. The molecule has 2 aromatic heterocycles. The third-order valence-electron chi connectivity index (χ3n) is 4.48. The molecule has 1 N–H and O–H groups in total. The van der Waals surface area contributed by atoms with Gasteiger partial charge in [0.2, 0.25) is 0 Å². The number of nitrogens with zero attached hydrogens (tertiary/aromatic N) is 3. The van der Waals surface area contributed by atoms with Gasteiger partial charge in [-0.25, -0.2) is 4.98 Å². The number of hydrogen-bond acceptors (Lipinski definition) is 3. The van der Waals surface area contributed by atoms with Crippen LogP contribution in [0.1, 0.15) is 5.56 Å². The SMILES string of the molecule is C[N+]#Cc1c(-c2ccc(Cl)cc2Cl)[nH]n2c(=O)c(-c3ccc(OC)cc3)cnc12. The van der Waals surface area contributed by atoms with Gasteiger partial charge in [0.05, 0.1) is 23.4 Å². The lowest BCUT2D eigenvalue weighted by Crippen LogP contribution is -2.17. The van der Waals surface area contributed by atoms with Crippen molar-refractivity contribution in [3.8, 4) is 34.2 Å². The maximum absolute atomic E-state index is 13.2. The number of H-pyrrole nitrogens is 1. The Hall–Kier alpha value is -3.27. The van der Waals surface area contributed by atoms with Crippen LogP contribution in [0.5, 0.6) is 5.75 Å². The van der Waals surface area contributed by atoms with Crippen LogP contribution in [-0.2, 0) is 0 Å². The van der Waals surface area contributed by atoms with E-state index in [1.165, 1.54) is 4.52 Å². The Balaban J connectivity index is 1.96. The standard InChI is InChI=1S/C21H14Cl2N4O2/c1-24-10-17-19(15-8-5-13(22)9-18(15)23)26-27-20(17)25-11-16(21(27)28)12-3-6-14(29-2)7-4-12/h3-9,11H,1-2H3/p+1. The van der Waals surface area contributed by atoms with Gasteiger partial charge in [0, 0.05) is 16.8 Å². The van der Waals surface area contributed by atoms with Crippen molar-refractivity contribution >= 4 is 28.8 Å². The number of hydrogen-bond donors (Lipinski definition) is 1. The number of aromatic amines is 1. The van der Waals surface area contributed by atoms with E-state index >= 15 is 0 Å². The first-order chi connectivity index (χ1) is 14.0. The fraction of sp³-hybridized carbons (Fsp3) is 0.0952. The number of fused-ring (bicyclic) bond motifs is 1. The topological polar surface area (TPSA) is 63.8 Å². The summed E-state index contributed by atoms with van der Waals surface area (Å²) in [7, 11) is 3.19. The summed E-state index contributed by atoms with van der Waals surface area (Å²) in [6.45, 7) is 0. The number of methoxy groups -OCH3 is 1. The lowest BCUT2D eigenvalue weighted by Gasteiger charge is -2.03. The van der Waals surface area contributed by atoms with Crippen LogP contribution in [0.4, 0.5) is 0 Å². The quantitative estimate of drug-likeness (QED) is 0.503. The summed E-state index contributed by atoms with van der Waals surface area (Å²) in [5, 5.41) is 4.05. The lowest BCUT2D eigenvalue weighted by molar-refractivity contribution is 0.415. The second-order valence-electron chi connectivity index (χ2n) is 6.19. The van der Waals surface area contributed by atoms with Crippen molar-refractivity contribution in [1.82, 2.24) is 14.6 Å². The summed E-state index contributed by atoms with van der Waals surface area (Å²) < 4.78 is 6.54. The summed E-state index contributed by atoms with van der Waals surface area (Å²) in [5.74, 6) is 0.707. The van der Waals surface area contributed by atoms with Crippen molar-refractivity contribution < 1.29 is 4.74 Å². The fourth-order valence-corrected chi connectivity index (χ4v) is 3.59. The first-order valence-electron chi connectivity index (χ1n) is 8.62. The van der Waals surface area contributed by atoms with Gasteiger partial charge in [-0.3, -0.25) is 9.89 Å². The minimum atomic E-state index is -0.254. The van der Waals surface area contributed by atoms with Crippen LogP contribution in [0, 0.1) is 6.07 Å². The molecule has 2 aromatic carbocycles. The molecule has 0 atom stereocenters. The molecule has 0 bridgehead atoms. The molecule has 8 heteroatoms. The highest BCUT2D eigenvalue weighted by Crippen LogP contribution is 2.32. The van der Waals surface area contributed by atoms with Gasteiger partial charge in [0.15, 0.2) is 11.2 Å². The minimum absolute atomic E-state index is 0.254. The molecule has 0 saturated carbocycles. The monoisotopic (exact) mass is 425 g/mol. The summed E-state index contributed by atoms with van der Waals surface area (Å²) >= 11 is 12.4. The summed E-state index contributed by atoms with van der Waals surface area (Å²) in [6, 6.07) is 15.2. The van der Waals surface area contributed by atoms with E-state index in [1.807, 2.05) is 12.1 Å². The van der Waals surface area contributed by atoms with Crippen molar-refractivity contribution in [3.05, 3.63) is 79.5 Å². The third kappa shape index (κ3) is 3.35. The second-order valence-corrected chi connectivity index (χ2v) is 7.03. The molecule has 6 nitrogen and oxygen atoms in total. The predicted molar refractivity (Wildman–Crippen MR) is 116 cm³/mol. The molecule has 0 unspecified atom stereocenters. The summed E-state index contributed by atoms with van der Waals surface area (Å²) in [5.41, 5.74) is 3.10. The predicted octanol–water partition coefficient (Wildman–Crippen LogP) is 4.98. The van der Waals surface area contributed by atoms with E-state index in [9.17, 15) is 4.79 Å². The molecule has 0 aliphatic heterocycles. The van der Waals surface area contributed by atoms with Crippen LogP contribution in [0.15, 0.2) is 53.5 Å². The first kappa shape index (κ1) is 19.1. The van der Waals surface area contributed by atoms with Crippen molar-refractivity contribution in [1.29, 1.82) is 0 Å². The van der Waals surface area contributed by atoms with Gasteiger partial charge in [-0.05, 0) is 35.9 Å². The molecule has 0 fully saturated rings. The molecule has 29 heavy (non-hydrogen) atoms. The number of halogens is 2. The van der Waals surface area contributed by atoms with E-state index < -0.39 is 0 Å². The highest BCUT2D eigenvalue weighted by atomic mass is 35.5. The molecule has 0 aliphatic carbocycles. The van der Waals surface area contributed by atoms with Crippen molar-refractivity contribution in [3.63, 3.8) is 0 Å². The van der Waals surface area contributed by atoms with Gasteiger partial charge >= 0.3 is 6.07 Å². The second kappa shape index (κ2) is 7.63. The summed E-state index contributed by atoms with van der Waals surface area (Å²) in [4.78, 5) is 21.6. The molecule has 0 radical (unpaired) electrons. The number of benzene rings is 2. The molecule has 4 rings (SSSR count). The number of rotatable bonds is 3. The molecule has 0 spiro atoms. The molecule has 0 amide bonds. The zero-order valence-corrected chi connectivity index (χ0v) is 17.0. The van der Waals surface area contributed by atoms with Gasteiger partial charge in [0.25, 0.3) is 12.6 Å². The molecular formula is C21H15Cl2N4O2+. The first-order valence-corrected chi connectivity index (χ1v) is 9.37. The van der Waals surface area contributed by atoms with E-state index in [1.54, 1.807) is 50.7 Å². The van der Waals surface area contributed by atoms with Crippen LogP contribution in [-0.4, -0.2) is 28.8 Å². The summed E-state index contributed by atoms with van der Waals surface area (Å²) in [6.07, 6.45) is 1.54. The van der Waals surface area contributed by atoms with Crippen LogP contribution in [0.3, 0.4) is 0 Å². The van der Waals surface area contributed by atoms with Crippen LogP contribution in [0.25, 0.3) is 32.9 Å². The molecule has 4 aromatic rings. The van der Waals surface area contributed by atoms with Crippen molar-refractivity contribution in [2.45, 2.75) is 0 Å². The van der Waals surface area contributed by atoms with E-state index in [-0.39, 0.29) is 5.56 Å². The average Bonchev–Trinajstić information content (AvgIpc) is 3.08. The van der Waals surface area contributed by atoms with Gasteiger partial charge in [-0.15, -0.1) is 0 Å². The maximum atomic E-state index is 13.2. The van der Waals surface area contributed by atoms with E-state index in [0.717, 1.165) is 5.56 Å². The zero-order valence-electron chi connectivity index (χ0n) is 15.5. The van der Waals surface area contributed by atoms with Crippen LogP contribution >= 0.6 is 23.2 Å². The van der Waals surface area contributed by atoms with E-state index in [2.05, 4.69) is 21.0 Å². The molecule has 144 valence electrons. The fourth-order valence-electron chi connectivity index (χ4n) is 3.09. The smallest absolute Gasteiger partial charge is 0.317 e. The van der Waals surface area contributed by atoms with Crippen molar-refractivity contribution in [2.75, 3.05) is 14.2 Å². The molecule has 2 heterocycles. The Morgan fingerprint density at radius 3 is 2.55 bits per heavy atom. The molecule has 0 saturated heterocycles. The zero-order chi connectivity index (χ0) is 20.5. The Morgan fingerprint density at radius 2 is 1.90 bits per heavy atom. The number of aromatic nitrogens is 3.